The average Bonchev–Trinajstić information content (AvgIpc) is 2.28. The number of benzene rings is 2. The van der Waals surface area contributed by atoms with Crippen LogP contribution in [0.3, 0.4) is 0 Å². The molecule has 0 unspecified atom stereocenters. The van der Waals surface area contributed by atoms with Gasteiger partial charge in [-0.3, -0.25) is 0 Å². The standard InChI is InChI=1S/C12H6Br2I2/c13-8-3-1-7(2-4-8)9-5-6-10(14)12(16)11(9)15/h1-6H. The molecular weight excluding hydrogens is 558 g/mol. The zero-order valence-corrected chi connectivity index (χ0v) is 15.5. The van der Waals surface area contributed by atoms with Crippen LogP contribution in [0.2, 0.25) is 0 Å². The van der Waals surface area contributed by atoms with Crippen molar-refractivity contribution in [2.45, 2.75) is 0 Å². The molecule has 0 radical (unpaired) electrons. The summed E-state index contributed by atoms with van der Waals surface area (Å²) in [5.41, 5.74) is 2.53. The summed E-state index contributed by atoms with van der Waals surface area (Å²) in [6.45, 7) is 0. The van der Waals surface area contributed by atoms with E-state index in [1.165, 1.54) is 18.3 Å². The van der Waals surface area contributed by atoms with Gasteiger partial charge in [0.05, 0.1) is 0 Å². The molecule has 0 saturated carbocycles. The highest BCUT2D eigenvalue weighted by Crippen LogP contribution is 2.33. The molecule has 16 heavy (non-hydrogen) atoms. The van der Waals surface area contributed by atoms with Crippen LogP contribution in [0.25, 0.3) is 11.1 Å². The lowest BCUT2D eigenvalue weighted by molar-refractivity contribution is 1.50. The van der Waals surface area contributed by atoms with Crippen LogP contribution in [0.4, 0.5) is 0 Å². The van der Waals surface area contributed by atoms with E-state index in [0.717, 1.165) is 8.95 Å². The van der Waals surface area contributed by atoms with Crippen molar-refractivity contribution in [3.05, 3.63) is 52.5 Å². The molecule has 0 aliphatic heterocycles. The Hall–Kier alpha value is 0.860. The van der Waals surface area contributed by atoms with E-state index in [-0.39, 0.29) is 0 Å². The highest BCUT2D eigenvalue weighted by atomic mass is 127. The maximum Gasteiger partial charge on any atom is 0.0412 e. The third kappa shape index (κ3) is 2.81. The molecule has 82 valence electrons. The number of halogens is 4. The predicted molar refractivity (Wildman–Crippen MR) is 92.7 cm³/mol. The van der Waals surface area contributed by atoms with Gasteiger partial charge in [-0.05, 0) is 90.4 Å². The molecular formula is C12H6Br2I2. The predicted octanol–water partition coefficient (Wildman–Crippen LogP) is 6.09. The van der Waals surface area contributed by atoms with Gasteiger partial charge in [-0.2, -0.15) is 0 Å². The van der Waals surface area contributed by atoms with Crippen molar-refractivity contribution in [2.75, 3.05) is 0 Å². The second kappa shape index (κ2) is 5.67. The van der Waals surface area contributed by atoms with Crippen molar-refractivity contribution in [3.63, 3.8) is 0 Å². The fourth-order valence-corrected chi connectivity index (χ4v) is 3.60. The molecule has 0 amide bonds. The molecule has 0 aliphatic carbocycles. The fourth-order valence-electron chi connectivity index (χ4n) is 1.38. The Morgan fingerprint density at radius 3 is 2.00 bits per heavy atom. The van der Waals surface area contributed by atoms with E-state index >= 15 is 0 Å². The summed E-state index contributed by atoms with van der Waals surface area (Å²) < 4.78 is 4.81. The minimum absolute atomic E-state index is 1.11. The van der Waals surface area contributed by atoms with Gasteiger partial charge in [0, 0.05) is 16.1 Å². The van der Waals surface area contributed by atoms with Gasteiger partial charge in [0.25, 0.3) is 0 Å². The summed E-state index contributed by atoms with van der Waals surface area (Å²) in [6, 6.07) is 12.6. The fraction of sp³-hybridized carbons (Fsp3) is 0. The first-order valence-electron chi connectivity index (χ1n) is 4.49. The molecule has 0 heterocycles. The van der Waals surface area contributed by atoms with Crippen LogP contribution in [0.15, 0.2) is 45.3 Å². The zero-order valence-electron chi connectivity index (χ0n) is 7.98. The first kappa shape index (κ1) is 13.3. The van der Waals surface area contributed by atoms with E-state index in [0.29, 0.717) is 0 Å². The maximum atomic E-state index is 3.54. The number of hydrogen-bond acceptors (Lipinski definition) is 0. The normalized spacial score (nSPS) is 10.5. The molecule has 0 spiro atoms. The van der Waals surface area contributed by atoms with Gasteiger partial charge in [0.15, 0.2) is 0 Å². The zero-order chi connectivity index (χ0) is 11.7. The van der Waals surface area contributed by atoms with E-state index in [1.54, 1.807) is 0 Å². The van der Waals surface area contributed by atoms with Crippen LogP contribution in [-0.4, -0.2) is 0 Å². The maximum absolute atomic E-state index is 3.54. The van der Waals surface area contributed by atoms with Crippen molar-refractivity contribution < 1.29 is 0 Å². The minimum Gasteiger partial charge on any atom is -0.0532 e. The second-order valence-electron chi connectivity index (χ2n) is 3.23. The van der Waals surface area contributed by atoms with Gasteiger partial charge in [0.1, 0.15) is 0 Å². The van der Waals surface area contributed by atoms with Crippen molar-refractivity contribution in [1.29, 1.82) is 0 Å². The first-order valence-corrected chi connectivity index (χ1v) is 8.23. The van der Waals surface area contributed by atoms with E-state index in [4.69, 9.17) is 0 Å². The Labute approximate surface area is 139 Å². The molecule has 0 bridgehead atoms. The lowest BCUT2D eigenvalue weighted by atomic mass is 10.1. The minimum atomic E-state index is 1.11. The van der Waals surface area contributed by atoms with Crippen molar-refractivity contribution in [3.8, 4) is 11.1 Å². The van der Waals surface area contributed by atoms with E-state index in [1.807, 2.05) is 0 Å². The Morgan fingerprint density at radius 2 is 1.38 bits per heavy atom. The second-order valence-corrected chi connectivity index (χ2v) is 7.16. The Morgan fingerprint density at radius 1 is 0.750 bits per heavy atom. The smallest absolute Gasteiger partial charge is 0.0412 e. The van der Waals surface area contributed by atoms with Crippen molar-refractivity contribution in [2.24, 2.45) is 0 Å². The lowest BCUT2D eigenvalue weighted by Crippen LogP contribution is -1.88. The summed E-state index contributed by atoms with van der Waals surface area (Å²) in [5.74, 6) is 0. The third-order valence-electron chi connectivity index (χ3n) is 2.19. The molecule has 0 atom stereocenters. The summed E-state index contributed by atoms with van der Waals surface area (Å²) in [5, 5.41) is 0. The Balaban J connectivity index is 2.57. The van der Waals surface area contributed by atoms with E-state index in [9.17, 15) is 0 Å². The van der Waals surface area contributed by atoms with Crippen LogP contribution in [0, 0.1) is 7.14 Å². The number of hydrogen-bond donors (Lipinski definition) is 0. The van der Waals surface area contributed by atoms with Crippen LogP contribution in [-0.2, 0) is 0 Å². The largest absolute Gasteiger partial charge is 0.0532 e. The van der Waals surface area contributed by atoms with Crippen molar-refractivity contribution in [1.82, 2.24) is 0 Å². The third-order valence-corrected chi connectivity index (χ3v) is 7.39. The van der Waals surface area contributed by atoms with Crippen LogP contribution in [0.1, 0.15) is 0 Å². The van der Waals surface area contributed by atoms with Crippen LogP contribution >= 0.6 is 77.0 Å². The monoisotopic (exact) mass is 562 g/mol. The summed E-state index contributed by atoms with van der Waals surface area (Å²) in [6.07, 6.45) is 0. The van der Waals surface area contributed by atoms with Crippen LogP contribution < -0.4 is 0 Å². The molecule has 0 aromatic heterocycles. The molecule has 0 fully saturated rings. The van der Waals surface area contributed by atoms with Crippen LogP contribution in [0.5, 0.6) is 0 Å². The molecule has 2 aromatic rings. The first-order chi connectivity index (χ1) is 7.59. The van der Waals surface area contributed by atoms with E-state index < -0.39 is 0 Å². The topological polar surface area (TPSA) is 0 Å². The molecule has 0 nitrogen and oxygen atoms in total. The van der Waals surface area contributed by atoms with E-state index in [2.05, 4.69) is 113 Å². The van der Waals surface area contributed by atoms with Gasteiger partial charge >= 0.3 is 0 Å². The summed E-state index contributed by atoms with van der Waals surface area (Å²) >= 11 is 11.8. The summed E-state index contributed by atoms with van der Waals surface area (Å²) in [7, 11) is 0. The molecule has 2 rings (SSSR count). The lowest BCUT2D eigenvalue weighted by Gasteiger charge is -2.08. The van der Waals surface area contributed by atoms with Gasteiger partial charge in [-0.1, -0.05) is 34.1 Å². The Kier molecular flexibility index (Phi) is 4.71. The molecule has 0 saturated heterocycles. The molecule has 4 heteroatoms. The van der Waals surface area contributed by atoms with Gasteiger partial charge < -0.3 is 0 Å². The average molecular weight is 564 g/mol. The molecule has 2 aromatic carbocycles. The number of rotatable bonds is 1. The Bertz CT molecular complexity index is 521. The molecule has 0 N–H and O–H groups in total. The highest BCUT2D eigenvalue weighted by molar-refractivity contribution is 14.1. The van der Waals surface area contributed by atoms with Gasteiger partial charge in [-0.15, -0.1) is 0 Å². The molecule has 0 aliphatic rings. The quantitative estimate of drug-likeness (QED) is 0.291. The summed E-state index contributed by atoms with van der Waals surface area (Å²) in [4.78, 5) is 0. The van der Waals surface area contributed by atoms with Gasteiger partial charge in [-0.25, -0.2) is 0 Å². The SMILES string of the molecule is Brc1ccc(-c2ccc(Br)c(I)c2I)cc1. The van der Waals surface area contributed by atoms with Crippen molar-refractivity contribution >= 4 is 77.0 Å². The van der Waals surface area contributed by atoms with Gasteiger partial charge in [0.2, 0.25) is 0 Å². The highest BCUT2D eigenvalue weighted by Gasteiger charge is 2.08.